The van der Waals surface area contributed by atoms with Crippen LogP contribution in [0.2, 0.25) is 0 Å². The standard InChI is InChI=1S/C22H27NO/c1-16(2)20-14-15-21(18-10-6-4-7-11-18)23(17(3)24)22(20)19-12-8-5-9-13-19/h4-13,16,20-22H,14-15H2,1-3H3/t20-,21-,22-/m0/s1. The third-order valence-corrected chi connectivity index (χ3v) is 5.36. The van der Waals surface area contributed by atoms with Crippen LogP contribution in [0.25, 0.3) is 0 Å². The van der Waals surface area contributed by atoms with Gasteiger partial charge in [-0.1, -0.05) is 74.5 Å². The van der Waals surface area contributed by atoms with Crippen LogP contribution < -0.4 is 0 Å². The molecule has 24 heavy (non-hydrogen) atoms. The van der Waals surface area contributed by atoms with E-state index >= 15 is 0 Å². The van der Waals surface area contributed by atoms with Crippen molar-refractivity contribution in [3.05, 3.63) is 71.8 Å². The first-order valence-corrected chi connectivity index (χ1v) is 8.98. The summed E-state index contributed by atoms with van der Waals surface area (Å²) in [5, 5.41) is 0. The van der Waals surface area contributed by atoms with Gasteiger partial charge in [0.25, 0.3) is 0 Å². The summed E-state index contributed by atoms with van der Waals surface area (Å²) >= 11 is 0. The molecule has 1 saturated heterocycles. The van der Waals surface area contributed by atoms with Crippen molar-refractivity contribution in [2.24, 2.45) is 11.8 Å². The second kappa shape index (κ2) is 7.21. The SMILES string of the molecule is CC(=O)N1[C@H](c2ccccc2)CC[C@@H](C(C)C)[C@@H]1c1ccccc1. The maximum atomic E-state index is 12.7. The molecular formula is C22H27NO. The molecule has 1 aliphatic heterocycles. The fourth-order valence-corrected chi connectivity index (χ4v) is 4.22. The molecule has 0 radical (unpaired) electrons. The third-order valence-electron chi connectivity index (χ3n) is 5.36. The first-order valence-electron chi connectivity index (χ1n) is 8.98. The highest BCUT2D eigenvalue weighted by Crippen LogP contribution is 2.47. The van der Waals surface area contributed by atoms with Crippen molar-refractivity contribution in [1.82, 2.24) is 4.90 Å². The molecule has 1 amide bonds. The van der Waals surface area contributed by atoms with E-state index < -0.39 is 0 Å². The molecule has 3 rings (SSSR count). The minimum Gasteiger partial charge on any atom is -0.329 e. The normalized spacial score (nSPS) is 24.2. The average molecular weight is 321 g/mol. The van der Waals surface area contributed by atoms with E-state index in [2.05, 4.69) is 67.3 Å². The van der Waals surface area contributed by atoms with Crippen molar-refractivity contribution < 1.29 is 4.79 Å². The molecule has 2 heteroatoms. The first kappa shape index (κ1) is 16.8. The van der Waals surface area contributed by atoms with E-state index in [9.17, 15) is 4.79 Å². The molecule has 2 aromatic rings. The van der Waals surface area contributed by atoms with E-state index in [-0.39, 0.29) is 18.0 Å². The van der Waals surface area contributed by atoms with E-state index in [1.807, 2.05) is 12.1 Å². The van der Waals surface area contributed by atoms with Crippen molar-refractivity contribution in [3.8, 4) is 0 Å². The number of hydrogen-bond acceptors (Lipinski definition) is 1. The Hall–Kier alpha value is -2.09. The summed E-state index contributed by atoms with van der Waals surface area (Å²) in [4.78, 5) is 14.8. The number of carbonyl (C=O) groups is 1. The van der Waals surface area contributed by atoms with Gasteiger partial charge in [-0.05, 0) is 35.8 Å². The number of benzene rings is 2. The number of nitrogens with zero attached hydrogens (tertiary/aromatic N) is 1. The van der Waals surface area contributed by atoms with E-state index in [4.69, 9.17) is 0 Å². The van der Waals surface area contributed by atoms with Gasteiger partial charge in [-0.25, -0.2) is 0 Å². The summed E-state index contributed by atoms with van der Waals surface area (Å²) in [6.07, 6.45) is 2.19. The van der Waals surface area contributed by atoms with E-state index in [1.54, 1.807) is 6.92 Å². The molecule has 1 fully saturated rings. The molecule has 1 heterocycles. The predicted molar refractivity (Wildman–Crippen MR) is 98.4 cm³/mol. The van der Waals surface area contributed by atoms with Crippen LogP contribution in [0.15, 0.2) is 60.7 Å². The Morgan fingerprint density at radius 3 is 1.96 bits per heavy atom. The van der Waals surface area contributed by atoms with Crippen LogP contribution in [0, 0.1) is 11.8 Å². The first-order chi connectivity index (χ1) is 11.6. The van der Waals surface area contributed by atoms with Gasteiger partial charge in [-0.3, -0.25) is 4.79 Å². The highest BCUT2D eigenvalue weighted by Gasteiger charge is 2.41. The molecule has 0 aliphatic carbocycles. The number of rotatable bonds is 3. The molecule has 0 N–H and O–H groups in total. The zero-order valence-electron chi connectivity index (χ0n) is 14.9. The molecular weight excluding hydrogens is 294 g/mol. The number of amides is 1. The Kier molecular flexibility index (Phi) is 5.03. The van der Waals surface area contributed by atoms with Crippen LogP contribution >= 0.6 is 0 Å². The minimum absolute atomic E-state index is 0.155. The van der Waals surface area contributed by atoms with Gasteiger partial charge in [0.05, 0.1) is 12.1 Å². The van der Waals surface area contributed by atoms with Crippen LogP contribution in [0.3, 0.4) is 0 Å². The molecule has 2 nitrogen and oxygen atoms in total. The smallest absolute Gasteiger partial charge is 0.220 e. The summed E-state index contributed by atoms with van der Waals surface area (Å²) in [6.45, 7) is 6.28. The second-order valence-corrected chi connectivity index (χ2v) is 7.19. The van der Waals surface area contributed by atoms with Gasteiger partial charge in [0.1, 0.15) is 0 Å². The van der Waals surface area contributed by atoms with Crippen molar-refractivity contribution in [2.75, 3.05) is 0 Å². The van der Waals surface area contributed by atoms with Gasteiger partial charge < -0.3 is 4.90 Å². The molecule has 0 aromatic heterocycles. The summed E-state index contributed by atoms with van der Waals surface area (Å²) in [7, 11) is 0. The van der Waals surface area contributed by atoms with Gasteiger partial charge in [-0.15, -0.1) is 0 Å². The maximum Gasteiger partial charge on any atom is 0.220 e. The monoisotopic (exact) mass is 321 g/mol. The van der Waals surface area contributed by atoms with Crippen molar-refractivity contribution in [3.63, 3.8) is 0 Å². The quantitative estimate of drug-likeness (QED) is 0.743. The van der Waals surface area contributed by atoms with Crippen LogP contribution in [0.1, 0.15) is 56.8 Å². The average Bonchev–Trinajstić information content (AvgIpc) is 2.61. The maximum absolute atomic E-state index is 12.7. The molecule has 0 bridgehead atoms. The van der Waals surface area contributed by atoms with E-state index in [1.165, 1.54) is 11.1 Å². The van der Waals surface area contributed by atoms with Crippen molar-refractivity contribution >= 4 is 5.91 Å². The zero-order chi connectivity index (χ0) is 17.1. The van der Waals surface area contributed by atoms with Gasteiger partial charge in [0.2, 0.25) is 5.91 Å². The Balaban J connectivity index is 2.06. The highest BCUT2D eigenvalue weighted by atomic mass is 16.2. The number of likely N-dealkylation sites (tertiary alicyclic amines) is 1. The Bertz CT molecular complexity index is 665. The lowest BCUT2D eigenvalue weighted by molar-refractivity contribution is -0.139. The van der Waals surface area contributed by atoms with E-state index in [0.29, 0.717) is 11.8 Å². The number of carbonyl (C=O) groups excluding carboxylic acids is 1. The highest BCUT2D eigenvalue weighted by molar-refractivity contribution is 5.74. The van der Waals surface area contributed by atoms with Crippen molar-refractivity contribution in [1.29, 1.82) is 0 Å². The van der Waals surface area contributed by atoms with Gasteiger partial charge in [0, 0.05) is 6.92 Å². The lowest BCUT2D eigenvalue weighted by Crippen LogP contribution is -2.45. The molecule has 0 spiro atoms. The minimum atomic E-state index is 0.155. The lowest BCUT2D eigenvalue weighted by atomic mass is 9.74. The predicted octanol–water partition coefficient (Wildman–Crippen LogP) is 5.38. The van der Waals surface area contributed by atoms with E-state index in [0.717, 1.165) is 12.8 Å². The lowest BCUT2D eigenvalue weighted by Gasteiger charge is -2.48. The van der Waals surface area contributed by atoms with Crippen LogP contribution in [0.5, 0.6) is 0 Å². The number of piperidine rings is 1. The topological polar surface area (TPSA) is 20.3 Å². The largest absolute Gasteiger partial charge is 0.329 e. The summed E-state index contributed by atoms with van der Waals surface area (Å²) in [5.41, 5.74) is 2.50. The molecule has 0 unspecified atom stereocenters. The molecule has 3 atom stereocenters. The van der Waals surface area contributed by atoms with Gasteiger partial charge in [-0.2, -0.15) is 0 Å². The second-order valence-electron chi connectivity index (χ2n) is 7.19. The fourth-order valence-electron chi connectivity index (χ4n) is 4.22. The number of hydrogen-bond donors (Lipinski definition) is 0. The summed E-state index contributed by atoms with van der Waals surface area (Å²) < 4.78 is 0. The van der Waals surface area contributed by atoms with Crippen LogP contribution in [-0.4, -0.2) is 10.8 Å². The van der Waals surface area contributed by atoms with Gasteiger partial charge >= 0.3 is 0 Å². The molecule has 126 valence electrons. The van der Waals surface area contributed by atoms with Crippen molar-refractivity contribution in [2.45, 2.75) is 45.7 Å². The van der Waals surface area contributed by atoms with Crippen LogP contribution in [0.4, 0.5) is 0 Å². The molecule has 1 aliphatic rings. The molecule has 0 saturated carbocycles. The summed E-state index contributed by atoms with van der Waals surface area (Å²) in [6, 6.07) is 21.4. The fraction of sp³-hybridized carbons (Fsp3) is 0.409. The zero-order valence-corrected chi connectivity index (χ0v) is 14.9. The Morgan fingerprint density at radius 1 is 0.917 bits per heavy atom. The third kappa shape index (κ3) is 3.24. The van der Waals surface area contributed by atoms with Crippen LogP contribution in [-0.2, 0) is 4.79 Å². The molecule has 2 aromatic carbocycles. The Morgan fingerprint density at radius 2 is 1.46 bits per heavy atom. The van der Waals surface area contributed by atoms with Gasteiger partial charge in [0.15, 0.2) is 0 Å². The Labute approximate surface area is 145 Å². The summed E-state index contributed by atoms with van der Waals surface area (Å²) in [5.74, 6) is 1.22.